The molecule has 30 heavy (non-hydrogen) atoms. The summed E-state index contributed by atoms with van der Waals surface area (Å²) in [6.45, 7) is 3.84. The zero-order valence-corrected chi connectivity index (χ0v) is 17.3. The topological polar surface area (TPSA) is 105 Å². The van der Waals surface area contributed by atoms with Crippen LogP contribution >= 0.6 is 0 Å². The van der Waals surface area contributed by atoms with Crippen molar-refractivity contribution in [2.45, 2.75) is 32.8 Å². The molecule has 0 unspecified atom stereocenters. The van der Waals surface area contributed by atoms with Gasteiger partial charge in [0.15, 0.2) is 11.5 Å². The molecule has 3 N–H and O–H groups in total. The molecule has 0 bridgehead atoms. The second-order valence-electron chi connectivity index (χ2n) is 7.48. The molecule has 0 aliphatic rings. The van der Waals surface area contributed by atoms with Gasteiger partial charge in [0.1, 0.15) is 6.10 Å². The van der Waals surface area contributed by atoms with E-state index >= 15 is 0 Å². The molecule has 0 saturated heterocycles. The van der Waals surface area contributed by atoms with Gasteiger partial charge in [-0.2, -0.15) is 0 Å². The zero-order chi connectivity index (χ0) is 22.1. The van der Waals surface area contributed by atoms with Crippen LogP contribution in [0.1, 0.15) is 38.4 Å². The molecular formula is C23H27NO6. The third-order valence-electron chi connectivity index (χ3n) is 4.68. The zero-order valence-electron chi connectivity index (χ0n) is 17.3. The molecule has 1 atom stereocenters. The van der Waals surface area contributed by atoms with Crippen LogP contribution in [0, 0.1) is 5.41 Å². The molecule has 0 saturated carbocycles. The summed E-state index contributed by atoms with van der Waals surface area (Å²) in [5, 5.41) is 21.7. The van der Waals surface area contributed by atoms with Gasteiger partial charge in [-0.05, 0) is 42.7 Å². The van der Waals surface area contributed by atoms with E-state index < -0.39 is 23.6 Å². The fraction of sp³-hybridized carbons (Fsp3) is 0.304. The summed E-state index contributed by atoms with van der Waals surface area (Å²) in [5.74, 6) is -0.759. The first-order chi connectivity index (χ1) is 14.2. The van der Waals surface area contributed by atoms with E-state index in [9.17, 15) is 14.7 Å². The fourth-order valence-electron chi connectivity index (χ4n) is 3.10. The molecule has 0 fully saturated rings. The highest BCUT2D eigenvalue weighted by atomic mass is 16.6. The Kier molecular flexibility index (Phi) is 7.86. The number of hydrogen-bond acceptors (Lipinski definition) is 5. The number of phenols is 1. The van der Waals surface area contributed by atoms with Crippen LogP contribution in [0.15, 0.2) is 60.7 Å². The summed E-state index contributed by atoms with van der Waals surface area (Å²) in [6.07, 6.45) is 2.37. The van der Waals surface area contributed by atoms with Crippen molar-refractivity contribution in [2.75, 3.05) is 12.4 Å². The monoisotopic (exact) mass is 413 g/mol. The second kappa shape index (κ2) is 10.3. The van der Waals surface area contributed by atoms with Gasteiger partial charge in [-0.25, -0.2) is 9.59 Å². The number of aliphatic carboxylic acids is 1. The lowest BCUT2D eigenvalue weighted by Crippen LogP contribution is -2.29. The van der Waals surface area contributed by atoms with E-state index in [-0.39, 0.29) is 5.75 Å². The molecule has 7 nitrogen and oxygen atoms in total. The number of phenolic OH excluding ortho intramolecular Hbond substituents is 1. The fourth-order valence-corrected chi connectivity index (χ4v) is 3.10. The minimum absolute atomic E-state index is 0.0614. The number of nitrogens with one attached hydrogen (secondary N) is 1. The molecular weight excluding hydrogens is 386 g/mol. The Morgan fingerprint density at radius 3 is 2.47 bits per heavy atom. The first-order valence-corrected chi connectivity index (χ1v) is 9.52. The second-order valence-corrected chi connectivity index (χ2v) is 7.48. The number of rotatable bonds is 9. The quantitative estimate of drug-likeness (QED) is 0.492. The maximum atomic E-state index is 12.6. The summed E-state index contributed by atoms with van der Waals surface area (Å²) in [4.78, 5) is 23.3. The molecule has 0 aliphatic carbocycles. The summed E-state index contributed by atoms with van der Waals surface area (Å²) in [6, 6.07) is 13.8. The Morgan fingerprint density at radius 2 is 1.87 bits per heavy atom. The third-order valence-corrected chi connectivity index (χ3v) is 4.68. The third kappa shape index (κ3) is 6.55. The molecule has 7 heteroatoms. The van der Waals surface area contributed by atoms with E-state index in [2.05, 4.69) is 5.32 Å². The Bertz CT molecular complexity index is 892. The number of hydrogen-bond donors (Lipinski definition) is 3. The summed E-state index contributed by atoms with van der Waals surface area (Å²) in [5.41, 5.74) is 0.641. The number of allylic oxidation sites excluding steroid dienone is 1. The van der Waals surface area contributed by atoms with E-state index in [0.717, 1.165) is 6.08 Å². The maximum absolute atomic E-state index is 12.6. The minimum atomic E-state index is -1.01. The van der Waals surface area contributed by atoms with Gasteiger partial charge in [-0.3, -0.25) is 5.32 Å². The number of ether oxygens (including phenoxy) is 2. The van der Waals surface area contributed by atoms with Gasteiger partial charge in [0.2, 0.25) is 0 Å². The first kappa shape index (κ1) is 22.8. The molecule has 0 aromatic heterocycles. The number of benzene rings is 2. The number of anilines is 1. The van der Waals surface area contributed by atoms with Gasteiger partial charge in [0.25, 0.3) is 0 Å². The van der Waals surface area contributed by atoms with Crippen molar-refractivity contribution < 1.29 is 29.3 Å². The molecule has 2 aromatic carbocycles. The van der Waals surface area contributed by atoms with Gasteiger partial charge in [0.05, 0.1) is 7.11 Å². The Morgan fingerprint density at radius 1 is 1.17 bits per heavy atom. The Balaban J connectivity index is 2.25. The van der Waals surface area contributed by atoms with Crippen molar-refractivity contribution in [3.8, 4) is 11.5 Å². The van der Waals surface area contributed by atoms with E-state index in [1.54, 1.807) is 42.5 Å². The number of amides is 1. The molecule has 160 valence electrons. The average Bonchev–Trinajstić information content (AvgIpc) is 2.70. The molecule has 2 aromatic rings. The predicted octanol–water partition coefficient (Wildman–Crippen LogP) is 5.14. The van der Waals surface area contributed by atoms with Crippen LogP contribution in [0.4, 0.5) is 10.5 Å². The predicted molar refractivity (Wildman–Crippen MR) is 114 cm³/mol. The number of carbonyl (C=O) groups is 2. The lowest BCUT2D eigenvalue weighted by Gasteiger charge is -2.34. The van der Waals surface area contributed by atoms with Crippen molar-refractivity contribution in [2.24, 2.45) is 5.41 Å². The number of carbonyl (C=O) groups excluding carboxylic acids is 1. The summed E-state index contributed by atoms with van der Waals surface area (Å²) in [7, 11) is 1.45. The van der Waals surface area contributed by atoms with Crippen molar-refractivity contribution in [3.05, 3.63) is 66.2 Å². The first-order valence-electron chi connectivity index (χ1n) is 9.52. The number of para-hydroxylation sites is 1. The van der Waals surface area contributed by atoms with Crippen LogP contribution in [-0.2, 0) is 9.53 Å². The smallest absolute Gasteiger partial charge is 0.412 e. The lowest BCUT2D eigenvalue weighted by atomic mass is 9.78. The molecule has 0 radical (unpaired) electrons. The number of methoxy groups -OCH3 is 1. The van der Waals surface area contributed by atoms with Crippen LogP contribution in [0.3, 0.4) is 0 Å². The molecule has 0 spiro atoms. The van der Waals surface area contributed by atoms with E-state index in [0.29, 0.717) is 29.8 Å². The molecule has 0 aliphatic heterocycles. The highest BCUT2D eigenvalue weighted by Gasteiger charge is 2.34. The highest BCUT2D eigenvalue weighted by Crippen LogP contribution is 2.42. The largest absolute Gasteiger partial charge is 0.504 e. The van der Waals surface area contributed by atoms with Gasteiger partial charge in [-0.1, -0.05) is 44.2 Å². The van der Waals surface area contributed by atoms with E-state index in [1.807, 2.05) is 19.9 Å². The van der Waals surface area contributed by atoms with Crippen LogP contribution < -0.4 is 10.1 Å². The van der Waals surface area contributed by atoms with Gasteiger partial charge >= 0.3 is 12.1 Å². The Hall–Kier alpha value is -3.48. The lowest BCUT2D eigenvalue weighted by molar-refractivity contribution is -0.131. The van der Waals surface area contributed by atoms with Gasteiger partial charge in [-0.15, -0.1) is 0 Å². The summed E-state index contributed by atoms with van der Waals surface area (Å²) < 4.78 is 10.9. The van der Waals surface area contributed by atoms with E-state index in [4.69, 9.17) is 14.6 Å². The van der Waals surface area contributed by atoms with Crippen molar-refractivity contribution >= 4 is 17.7 Å². The number of carboxylic acids is 1. The molecule has 2 rings (SSSR count). The van der Waals surface area contributed by atoms with E-state index in [1.165, 1.54) is 13.2 Å². The van der Waals surface area contributed by atoms with Crippen LogP contribution in [0.5, 0.6) is 11.5 Å². The van der Waals surface area contributed by atoms with Crippen LogP contribution in [0.2, 0.25) is 0 Å². The number of carboxylic acid groups (broad SMARTS) is 1. The Labute approximate surface area is 176 Å². The van der Waals surface area contributed by atoms with Crippen molar-refractivity contribution in [1.82, 2.24) is 0 Å². The van der Waals surface area contributed by atoms with Gasteiger partial charge < -0.3 is 19.7 Å². The average molecular weight is 413 g/mol. The van der Waals surface area contributed by atoms with Crippen molar-refractivity contribution in [1.29, 1.82) is 0 Å². The number of aromatic hydroxyl groups is 1. The van der Waals surface area contributed by atoms with Crippen LogP contribution in [0.25, 0.3) is 0 Å². The molecule has 0 heterocycles. The van der Waals surface area contributed by atoms with Crippen LogP contribution in [-0.4, -0.2) is 29.4 Å². The highest BCUT2D eigenvalue weighted by molar-refractivity contribution is 5.84. The summed E-state index contributed by atoms with van der Waals surface area (Å²) >= 11 is 0. The molecule has 1 amide bonds. The maximum Gasteiger partial charge on any atom is 0.412 e. The standard InChI is InChI=1S/C23H27NO6/c1-23(2,14-8-7-11-20(26)27)21(16-12-13-19(29-3)18(25)15-16)30-22(28)24-17-9-5-4-6-10-17/h4-7,9-13,15,21,25H,8,14H2,1-3H3,(H,24,28)(H,26,27)/b11-7+/t21-/m0/s1. The minimum Gasteiger partial charge on any atom is -0.504 e. The normalized spacial score (nSPS) is 12.4. The van der Waals surface area contributed by atoms with Crippen molar-refractivity contribution in [3.63, 3.8) is 0 Å². The SMILES string of the molecule is COc1ccc([C@H](OC(=O)Nc2ccccc2)C(C)(C)CC/C=C/C(=O)O)cc1O. The van der Waals surface area contributed by atoms with Gasteiger partial charge in [0, 0.05) is 17.2 Å².